The molecule has 0 bridgehead atoms. The SMILES string of the molecule is CCOC(=O)c1c(CCCOc2cccc3ccccc23)c2cccc3c2n1CCCCOCc1c-3c(COC2CC2)nn1C. The monoisotopic (exact) mass is 607 g/mol. The minimum atomic E-state index is -0.278. The van der Waals surface area contributed by atoms with E-state index in [1.807, 2.05) is 42.9 Å². The summed E-state index contributed by atoms with van der Waals surface area (Å²) in [6.07, 6.45) is 5.75. The molecule has 1 fully saturated rings. The molecule has 8 nitrogen and oxygen atoms in total. The van der Waals surface area contributed by atoms with Gasteiger partial charge in [-0.05, 0) is 62.5 Å². The molecule has 0 amide bonds. The topological polar surface area (TPSA) is 76.7 Å². The predicted molar refractivity (Wildman–Crippen MR) is 175 cm³/mol. The largest absolute Gasteiger partial charge is 0.493 e. The van der Waals surface area contributed by atoms with Gasteiger partial charge in [-0.25, -0.2) is 4.79 Å². The molecule has 3 aromatic carbocycles. The Hall–Kier alpha value is -4.14. The van der Waals surface area contributed by atoms with E-state index in [1.165, 1.54) is 0 Å². The second-order valence-corrected chi connectivity index (χ2v) is 12.0. The van der Waals surface area contributed by atoms with E-state index in [9.17, 15) is 4.79 Å². The Labute approximate surface area is 263 Å². The lowest BCUT2D eigenvalue weighted by Crippen LogP contribution is -2.15. The predicted octanol–water partition coefficient (Wildman–Crippen LogP) is 7.37. The third-order valence-corrected chi connectivity index (χ3v) is 8.88. The molecular weight excluding hydrogens is 566 g/mol. The van der Waals surface area contributed by atoms with Crippen LogP contribution >= 0.6 is 0 Å². The maximum atomic E-state index is 13.7. The standard InChI is InChI=1S/C37H41N3O5/c1-3-43-37(41)36-29(16-10-22-44-33-17-8-12-25-11-4-5-13-27(25)33)28-14-9-15-30-34-31(23-45-26-18-19-26)38-39(2)32(34)24-42-21-7-6-20-40(36)35(28)30/h4-5,8-9,11-15,17,26H,3,6-7,10,16,18-24H2,1-2H3. The zero-order valence-corrected chi connectivity index (χ0v) is 26.2. The van der Waals surface area contributed by atoms with Crippen molar-refractivity contribution in [3.05, 3.63) is 83.3 Å². The van der Waals surface area contributed by atoms with Crippen LogP contribution < -0.4 is 4.74 Å². The molecule has 5 aromatic rings. The van der Waals surface area contributed by atoms with E-state index in [0.717, 1.165) is 87.6 Å². The van der Waals surface area contributed by atoms with Crippen molar-refractivity contribution in [3.8, 4) is 16.9 Å². The summed E-state index contributed by atoms with van der Waals surface area (Å²) in [4.78, 5) is 13.7. The number of esters is 1. The highest BCUT2D eigenvalue weighted by Gasteiger charge is 2.29. The smallest absolute Gasteiger partial charge is 0.355 e. The quantitative estimate of drug-likeness (QED) is 0.122. The molecule has 0 saturated heterocycles. The molecule has 234 valence electrons. The molecule has 1 saturated carbocycles. The minimum absolute atomic E-state index is 0.278. The van der Waals surface area contributed by atoms with Crippen LogP contribution in [0.25, 0.3) is 32.8 Å². The lowest BCUT2D eigenvalue weighted by molar-refractivity contribution is 0.0512. The fourth-order valence-corrected chi connectivity index (χ4v) is 6.62. The van der Waals surface area contributed by atoms with E-state index in [0.29, 0.717) is 57.8 Å². The van der Waals surface area contributed by atoms with Gasteiger partial charge in [0.05, 0.1) is 49.4 Å². The van der Waals surface area contributed by atoms with Crippen LogP contribution in [0, 0.1) is 0 Å². The van der Waals surface area contributed by atoms with E-state index < -0.39 is 0 Å². The number of aromatic nitrogens is 3. The highest BCUT2D eigenvalue weighted by Crippen LogP contribution is 2.40. The van der Waals surface area contributed by atoms with Gasteiger partial charge in [0, 0.05) is 42.1 Å². The number of hydrogen-bond acceptors (Lipinski definition) is 6. The fraction of sp³-hybridized carbons (Fsp3) is 0.405. The van der Waals surface area contributed by atoms with Crippen LogP contribution in [-0.4, -0.2) is 46.2 Å². The summed E-state index contributed by atoms with van der Waals surface area (Å²) < 4.78 is 28.5. The first-order valence-electron chi connectivity index (χ1n) is 16.3. The number of aryl methyl sites for hydroxylation is 3. The Kier molecular flexibility index (Phi) is 8.59. The first kappa shape index (κ1) is 29.6. The van der Waals surface area contributed by atoms with Gasteiger partial charge in [0.15, 0.2) is 0 Å². The molecule has 0 radical (unpaired) electrons. The summed E-state index contributed by atoms with van der Waals surface area (Å²) in [6, 6.07) is 20.8. The molecule has 1 aliphatic heterocycles. The second-order valence-electron chi connectivity index (χ2n) is 12.0. The molecule has 0 spiro atoms. The van der Waals surface area contributed by atoms with Gasteiger partial charge in [-0.1, -0.05) is 54.6 Å². The number of ether oxygens (including phenoxy) is 4. The number of hydrogen-bond donors (Lipinski definition) is 0. The molecule has 2 aliphatic rings. The van der Waals surface area contributed by atoms with Crippen LogP contribution in [0.15, 0.2) is 60.7 Å². The number of carbonyl (C=O) groups excluding carboxylic acids is 1. The van der Waals surface area contributed by atoms with Crippen molar-refractivity contribution in [2.75, 3.05) is 19.8 Å². The molecule has 0 N–H and O–H groups in total. The van der Waals surface area contributed by atoms with Gasteiger partial charge in [-0.15, -0.1) is 0 Å². The van der Waals surface area contributed by atoms with Gasteiger partial charge in [0.25, 0.3) is 0 Å². The molecule has 8 heteroatoms. The first-order valence-corrected chi connectivity index (χ1v) is 16.3. The molecule has 7 rings (SSSR count). The normalized spacial score (nSPS) is 15.2. The van der Waals surface area contributed by atoms with Crippen molar-refractivity contribution >= 4 is 27.6 Å². The molecule has 3 heterocycles. The van der Waals surface area contributed by atoms with Gasteiger partial charge < -0.3 is 23.5 Å². The maximum Gasteiger partial charge on any atom is 0.355 e. The molecule has 0 atom stereocenters. The van der Waals surface area contributed by atoms with E-state index in [2.05, 4.69) is 41.0 Å². The zero-order valence-electron chi connectivity index (χ0n) is 26.2. The van der Waals surface area contributed by atoms with Crippen LogP contribution in [0.2, 0.25) is 0 Å². The van der Waals surface area contributed by atoms with Gasteiger partial charge in [-0.2, -0.15) is 5.10 Å². The minimum Gasteiger partial charge on any atom is -0.493 e. The number of carbonyl (C=O) groups is 1. The number of rotatable bonds is 10. The molecule has 1 aliphatic carbocycles. The van der Waals surface area contributed by atoms with E-state index in [1.54, 1.807) is 0 Å². The average Bonchev–Trinajstić information content (AvgIpc) is 3.76. The lowest BCUT2D eigenvalue weighted by Gasteiger charge is -2.14. The maximum absolute atomic E-state index is 13.7. The summed E-state index contributed by atoms with van der Waals surface area (Å²) in [7, 11) is 1.98. The summed E-state index contributed by atoms with van der Waals surface area (Å²) in [5.41, 5.74) is 6.74. The van der Waals surface area contributed by atoms with Crippen LogP contribution in [0.4, 0.5) is 0 Å². The Morgan fingerprint density at radius 2 is 1.84 bits per heavy atom. The number of benzene rings is 3. The summed E-state index contributed by atoms with van der Waals surface area (Å²) in [5.74, 6) is 0.601. The van der Waals surface area contributed by atoms with Crippen LogP contribution in [-0.2, 0) is 47.4 Å². The Morgan fingerprint density at radius 1 is 1.02 bits per heavy atom. The van der Waals surface area contributed by atoms with E-state index >= 15 is 0 Å². The highest BCUT2D eigenvalue weighted by molar-refractivity contribution is 6.05. The number of nitrogens with zero attached hydrogens (tertiary/aromatic N) is 3. The average molecular weight is 608 g/mol. The van der Waals surface area contributed by atoms with Gasteiger partial charge in [-0.3, -0.25) is 4.68 Å². The van der Waals surface area contributed by atoms with Gasteiger partial charge >= 0.3 is 5.97 Å². The lowest BCUT2D eigenvalue weighted by atomic mass is 9.98. The van der Waals surface area contributed by atoms with Crippen molar-refractivity contribution in [2.24, 2.45) is 7.05 Å². The second kappa shape index (κ2) is 13.1. The molecule has 45 heavy (non-hydrogen) atoms. The summed E-state index contributed by atoms with van der Waals surface area (Å²) >= 11 is 0. The number of para-hydroxylation sites is 1. The van der Waals surface area contributed by atoms with Crippen molar-refractivity contribution < 1.29 is 23.7 Å². The molecule has 0 unspecified atom stereocenters. The zero-order chi connectivity index (χ0) is 30.8. The van der Waals surface area contributed by atoms with Crippen molar-refractivity contribution in [1.82, 2.24) is 14.3 Å². The van der Waals surface area contributed by atoms with Gasteiger partial charge in [0.2, 0.25) is 0 Å². The Morgan fingerprint density at radius 3 is 2.71 bits per heavy atom. The Balaban J connectivity index is 1.30. The van der Waals surface area contributed by atoms with Crippen molar-refractivity contribution in [1.29, 1.82) is 0 Å². The van der Waals surface area contributed by atoms with Crippen molar-refractivity contribution in [2.45, 2.75) is 71.3 Å². The van der Waals surface area contributed by atoms with E-state index in [-0.39, 0.29) is 5.97 Å². The molecule has 2 aromatic heterocycles. The molecular formula is C37H41N3O5. The fourth-order valence-electron chi connectivity index (χ4n) is 6.62. The van der Waals surface area contributed by atoms with Crippen LogP contribution in [0.5, 0.6) is 5.75 Å². The van der Waals surface area contributed by atoms with Gasteiger partial charge in [0.1, 0.15) is 11.4 Å². The van der Waals surface area contributed by atoms with Crippen LogP contribution in [0.3, 0.4) is 0 Å². The number of fused-ring (bicyclic) bond motifs is 3. The first-order chi connectivity index (χ1) is 22.1. The highest BCUT2D eigenvalue weighted by atomic mass is 16.5. The van der Waals surface area contributed by atoms with E-state index in [4.69, 9.17) is 24.0 Å². The van der Waals surface area contributed by atoms with Crippen LogP contribution in [0.1, 0.15) is 66.5 Å². The summed E-state index contributed by atoms with van der Waals surface area (Å²) in [5, 5.41) is 8.25. The third-order valence-electron chi connectivity index (χ3n) is 8.88. The van der Waals surface area contributed by atoms with Crippen molar-refractivity contribution in [3.63, 3.8) is 0 Å². The Bertz CT molecular complexity index is 1830. The summed E-state index contributed by atoms with van der Waals surface area (Å²) in [6.45, 7) is 4.99. The third kappa shape index (κ3) is 5.97.